The average Bonchev–Trinajstić information content (AvgIpc) is 2.74. The quantitative estimate of drug-likeness (QED) is 0.597. The van der Waals surface area contributed by atoms with Crippen LogP contribution in [0.1, 0.15) is 13.8 Å². The van der Waals surface area contributed by atoms with Gasteiger partial charge in [0.15, 0.2) is 0 Å². The van der Waals surface area contributed by atoms with Crippen LogP contribution in [0.2, 0.25) is 0 Å². The van der Waals surface area contributed by atoms with Crippen molar-refractivity contribution in [2.24, 2.45) is 0 Å². The molecule has 2 amide bonds. The molecule has 1 fully saturated rings. The Morgan fingerprint density at radius 1 is 1.00 bits per heavy atom. The van der Waals surface area contributed by atoms with Crippen molar-refractivity contribution < 1.29 is 22.7 Å². The van der Waals surface area contributed by atoms with E-state index >= 15 is 0 Å². The van der Waals surface area contributed by atoms with Gasteiger partial charge < -0.3 is 20.3 Å². The maximum absolute atomic E-state index is 12.6. The summed E-state index contributed by atoms with van der Waals surface area (Å²) in [5, 5.41) is 5.32. The molecule has 1 aliphatic rings. The zero-order valence-corrected chi connectivity index (χ0v) is 18.2. The number of nitrogens with zero attached hydrogens (tertiary/aromatic N) is 1. The van der Waals surface area contributed by atoms with Crippen molar-refractivity contribution >= 4 is 38.9 Å². The molecule has 3 N–H and O–H groups in total. The predicted molar refractivity (Wildman–Crippen MR) is 119 cm³/mol. The van der Waals surface area contributed by atoms with Crippen LogP contribution in [0.15, 0.2) is 53.4 Å². The van der Waals surface area contributed by atoms with Crippen molar-refractivity contribution in [2.75, 3.05) is 41.8 Å². The number of ether oxygens (including phenoxy) is 1. The lowest BCUT2D eigenvalue weighted by molar-refractivity contribution is -0.117. The minimum absolute atomic E-state index is 0.00410. The highest BCUT2D eigenvalue weighted by molar-refractivity contribution is 7.89. The van der Waals surface area contributed by atoms with Gasteiger partial charge in [0.2, 0.25) is 21.8 Å². The van der Waals surface area contributed by atoms with Crippen LogP contribution in [-0.2, 0) is 24.3 Å². The number of hydrogen-bond acceptors (Lipinski definition) is 6. The summed E-state index contributed by atoms with van der Waals surface area (Å²) in [6.07, 6.45) is 0. The van der Waals surface area contributed by atoms with Gasteiger partial charge in [0.05, 0.1) is 24.2 Å². The number of rotatable bonds is 7. The van der Waals surface area contributed by atoms with E-state index in [1.165, 1.54) is 38.1 Å². The largest absolute Gasteiger partial charge is 0.378 e. The molecular formula is C21H26N4O5S. The molecule has 2 aromatic rings. The van der Waals surface area contributed by atoms with E-state index in [0.29, 0.717) is 24.6 Å². The van der Waals surface area contributed by atoms with E-state index in [4.69, 9.17) is 4.74 Å². The minimum Gasteiger partial charge on any atom is -0.378 e. The highest BCUT2D eigenvalue weighted by Gasteiger charge is 2.22. The lowest BCUT2D eigenvalue weighted by Gasteiger charge is -2.29. The van der Waals surface area contributed by atoms with Crippen molar-refractivity contribution in [3.8, 4) is 0 Å². The van der Waals surface area contributed by atoms with E-state index < -0.39 is 22.0 Å². The first-order valence-electron chi connectivity index (χ1n) is 9.88. The third-order valence-corrected chi connectivity index (χ3v) is 6.26. The van der Waals surface area contributed by atoms with Crippen LogP contribution in [0.4, 0.5) is 17.1 Å². The molecule has 1 aliphatic heterocycles. The van der Waals surface area contributed by atoms with Crippen LogP contribution in [0.3, 0.4) is 0 Å². The molecule has 10 heteroatoms. The summed E-state index contributed by atoms with van der Waals surface area (Å²) in [5.74, 6) is -0.728. The Balaban J connectivity index is 1.62. The summed E-state index contributed by atoms with van der Waals surface area (Å²) in [4.78, 5) is 25.8. The zero-order chi connectivity index (χ0) is 22.4. The zero-order valence-electron chi connectivity index (χ0n) is 17.4. The summed E-state index contributed by atoms with van der Waals surface area (Å²) in [6.45, 7) is 5.69. The number of sulfonamides is 1. The van der Waals surface area contributed by atoms with Gasteiger partial charge >= 0.3 is 0 Å². The molecule has 2 aromatic carbocycles. The Kier molecular flexibility index (Phi) is 7.26. The first kappa shape index (κ1) is 22.7. The molecule has 0 unspecified atom stereocenters. The second kappa shape index (κ2) is 9.90. The first-order valence-corrected chi connectivity index (χ1v) is 11.4. The Labute approximate surface area is 181 Å². The molecule has 0 radical (unpaired) electrons. The maximum atomic E-state index is 12.6. The van der Waals surface area contributed by atoms with E-state index in [2.05, 4.69) is 20.3 Å². The molecule has 166 valence electrons. The Morgan fingerprint density at radius 3 is 2.32 bits per heavy atom. The number of nitrogens with one attached hydrogen (secondary N) is 3. The van der Waals surface area contributed by atoms with Gasteiger partial charge in [-0.05, 0) is 49.4 Å². The monoisotopic (exact) mass is 446 g/mol. The number of carbonyl (C=O) groups is 2. The number of anilines is 3. The topological polar surface area (TPSA) is 117 Å². The Hall–Kier alpha value is -2.95. The van der Waals surface area contributed by atoms with Crippen LogP contribution in [0.25, 0.3) is 0 Å². The fraction of sp³-hybridized carbons (Fsp3) is 0.333. The third-order valence-electron chi connectivity index (χ3n) is 4.70. The average molecular weight is 447 g/mol. The van der Waals surface area contributed by atoms with Crippen molar-refractivity contribution in [1.82, 2.24) is 4.72 Å². The molecule has 9 nitrogen and oxygen atoms in total. The number of benzene rings is 2. The Bertz CT molecular complexity index is 1030. The van der Waals surface area contributed by atoms with E-state index in [0.717, 1.165) is 18.8 Å². The molecule has 3 rings (SSSR count). The molecule has 0 aliphatic carbocycles. The molecule has 1 saturated heterocycles. The lowest BCUT2D eigenvalue weighted by Crippen LogP contribution is -2.41. The second-order valence-electron chi connectivity index (χ2n) is 7.19. The van der Waals surface area contributed by atoms with Crippen LogP contribution in [0, 0.1) is 0 Å². The maximum Gasteiger partial charge on any atom is 0.242 e. The van der Waals surface area contributed by atoms with E-state index in [-0.39, 0.29) is 10.8 Å². The van der Waals surface area contributed by atoms with E-state index in [9.17, 15) is 18.0 Å². The molecular weight excluding hydrogens is 420 g/mol. The SMILES string of the molecule is CC(=O)Nc1ccc(S(=O)(=O)N[C@@H](C)C(=O)Nc2cccc(N3CCOCC3)c2)cc1. The molecule has 1 heterocycles. The van der Waals surface area contributed by atoms with Gasteiger partial charge in [0, 0.05) is 37.1 Å². The van der Waals surface area contributed by atoms with Gasteiger partial charge in [-0.15, -0.1) is 0 Å². The number of carbonyl (C=O) groups excluding carboxylic acids is 2. The van der Waals surface area contributed by atoms with Gasteiger partial charge in [-0.1, -0.05) is 6.07 Å². The highest BCUT2D eigenvalue weighted by Crippen LogP contribution is 2.21. The summed E-state index contributed by atoms with van der Waals surface area (Å²) < 4.78 is 32.9. The molecule has 0 saturated carbocycles. The van der Waals surface area contributed by atoms with E-state index in [1.807, 2.05) is 18.2 Å². The van der Waals surface area contributed by atoms with Crippen LogP contribution < -0.4 is 20.3 Å². The molecule has 0 aromatic heterocycles. The van der Waals surface area contributed by atoms with Gasteiger partial charge in [0.1, 0.15) is 0 Å². The van der Waals surface area contributed by atoms with Crippen molar-refractivity contribution in [2.45, 2.75) is 24.8 Å². The summed E-state index contributed by atoms with van der Waals surface area (Å²) >= 11 is 0. The molecule has 0 spiro atoms. The van der Waals surface area contributed by atoms with E-state index in [1.54, 1.807) is 6.07 Å². The molecule has 31 heavy (non-hydrogen) atoms. The smallest absolute Gasteiger partial charge is 0.242 e. The third kappa shape index (κ3) is 6.27. The fourth-order valence-electron chi connectivity index (χ4n) is 3.13. The first-order chi connectivity index (χ1) is 14.7. The normalized spacial score (nSPS) is 15.2. The van der Waals surface area contributed by atoms with Crippen LogP contribution in [0.5, 0.6) is 0 Å². The highest BCUT2D eigenvalue weighted by atomic mass is 32.2. The minimum atomic E-state index is -3.91. The fourth-order valence-corrected chi connectivity index (χ4v) is 4.33. The summed E-state index contributed by atoms with van der Waals surface area (Å²) in [5.41, 5.74) is 2.03. The molecule has 0 bridgehead atoms. The van der Waals surface area contributed by atoms with Gasteiger partial charge in [-0.3, -0.25) is 9.59 Å². The lowest BCUT2D eigenvalue weighted by atomic mass is 10.2. The van der Waals surface area contributed by atoms with Gasteiger partial charge in [0.25, 0.3) is 0 Å². The summed E-state index contributed by atoms with van der Waals surface area (Å²) in [7, 11) is -3.91. The van der Waals surface area contributed by atoms with Crippen molar-refractivity contribution in [3.05, 3.63) is 48.5 Å². The van der Waals surface area contributed by atoms with Crippen molar-refractivity contribution in [3.63, 3.8) is 0 Å². The predicted octanol–water partition coefficient (Wildman–Crippen LogP) is 1.79. The standard InChI is InChI=1S/C21H26N4O5S/c1-15(24-31(28,29)20-8-6-17(7-9-20)22-16(2)26)21(27)23-18-4-3-5-19(14-18)25-10-12-30-13-11-25/h3-9,14-15,24H,10-13H2,1-2H3,(H,22,26)(H,23,27)/t15-/m0/s1. The number of amides is 2. The van der Waals surface area contributed by atoms with Gasteiger partial charge in [-0.2, -0.15) is 4.72 Å². The van der Waals surface area contributed by atoms with Crippen LogP contribution >= 0.6 is 0 Å². The van der Waals surface area contributed by atoms with Crippen LogP contribution in [-0.4, -0.2) is 52.6 Å². The Morgan fingerprint density at radius 2 is 1.68 bits per heavy atom. The molecule has 1 atom stereocenters. The second-order valence-corrected chi connectivity index (χ2v) is 8.90. The summed E-state index contributed by atoms with van der Waals surface area (Å²) in [6, 6.07) is 12.1. The number of morpholine rings is 1. The number of hydrogen-bond donors (Lipinski definition) is 3. The van der Waals surface area contributed by atoms with Crippen molar-refractivity contribution in [1.29, 1.82) is 0 Å². The van der Waals surface area contributed by atoms with Gasteiger partial charge in [-0.25, -0.2) is 8.42 Å².